The fraction of sp³-hybridized carbons (Fsp3) is 0.318. The zero-order chi connectivity index (χ0) is 18.6. The molecule has 0 radical (unpaired) electrons. The third-order valence-corrected chi connectivity index (χ3v) is 5.28. The van der Waals surface area contributed by atoms with E-state index in [0.29, 0.717) is 5.58 Å². The van der Waals surface area contributed by atoms with Crippen molar-refractivity contribution in [1.82, 2.24) is 4.90 Å². The second kappa shape index (κ2) is 7.84. The molecule has 0 bridgehead atoms. The second-order valence-electron chi connectivity index (χ2n) is 7.03. The number of para-hydroxylation sites is 2. The Hall–Kier alpha value is -2.79. The topological polar surface area (TPSA) is 39.9 Å². The molecule has 5 heteroatoms. The van der Waals surface area contributed by atoms with E-state index < -0.39 is 0 Å². The Morgan fingerprint density at radius 3 is 2.44 bits per heavy atom. The number of benzene rings is 2. The van der Waals surface area contributed by atoms with Gasteiger partial charge in [-0.2, -0.15) is 0 Å². The SMILES string of the molecule is CN(CCN1CCN(c2ccccc2)CC1)c1cc(=O)oc2ccccc12. The van der Waals surface area contributed by atoms with Crippen LogP contribution in [0.3, 0.4) is 0 Å². The van der Waals surface area contributed by atoms with E-state index in [1.165, 1.54) is 5.69 Å². The summed E-state index contributed by atoms with van der Waals surface area (Å²) in [6, 6.07) is 19.9. The molecule has 1 saturated heterocycles. The highest BCUT2D eigenvalue weighted by Gasteiger charge is 2.18. The van der Waals surface area contributed by atoms with Crippen LogP contribution >= 0.6 is 0 Å². The van der Waals surface area contributed by atoms with Crippen LogP contribution in [-0.4, -0.2) is 51.2 Å². The minimum absolute atomic E-state index is 0.299. The van der Waals surface area contributed by atoms with Crippen molar-refractivity contribution in [3.05, 3.63) is 71.1 Å². The van der Waals surface area contributed by atoms with Gasteiger partial charge in [-0.1, -0.05) is 30.3 Å². The summed E-state index contributed by atoms with van der Waals surface area (Å²) in [6.45, 7) is 6.06. The Kier molecular flexibility index (Phi) is 5.12. The molecule has 0 amide bonds. The van der Waals surface area contributed by atoms with E-state index in [1.807, 2.05) is 31.3 Å². The van der Waals surface area contributed by atoms with Crippen molar-refractivity contribution < 1.29 is 4.42 Å². The summed E-state index contributed by atoms with van der Waals surface area (Å²) in [5, 5.41) is 0.980. The maximum atomic E-state index is 11.9. The molecular formula is C22H25N3O2. The molecule has 2 aromatic carbocycles. The number of hydrogen-bond acceptors (Lipinski definition) is 5. The smallest absolute Gasteiger partial charge is 0.338 e. The number of fused-ring (bicyclic) bond motifs is 1. The monoisotopic (exact) mass is 363 g/mol. The van der Waals surface area contributed by atoms with Crippen molar-refractivity contribution in [1.29, 1.82) is 0 Å². The Morgan fingerprint density at radius 1 is 0.963 bits per heavy atom. The average molecular weight is 363 g/mol. The van der Waals surface area contributed by atoms with Crippen LogP contribution in [0.5, 0.6) is 0 Å². The largest absolute Gasteiger partial charge is 0.423 e. The van der Waals surface area contributed by atoms with E-state index in [4.69, 9.17) is 4.42 Å². The molecule has 5 nitrogen and oxygen atoms in total. The normalized spacial score (nSPS) is 15.2. The molecule has 4 rings (SSSR count). The highest BCUT2D eigenvalue weighted by Crippen LogP contribution is 2.24. The van der Waals surface area contributed by atoms with Crippen LogP contribution in [-0.2, 0) is 0 Å². The molecule has 0 N–H and O–H groups in total. The molecule has 1 aliphatic rings. The molecule has 0 saturated carbocycles. The van der Waals surface area contributed by atoms with Crippen molar-refractivity contribution in [3.8, 4) is 0 Å². The lowest BCUT2D eigenvalue weighted by molar-refractivity contribution is 0.264. The molecule has 0 aliphatic carbocycles. The Balaban J connectivity index is 1.37. The summed E-state index contributed by atoms with van der Waals surface area (Å²) in [7, 11) is 2.04. The van der Waals surface area contributed by atoms with Gasteiger partial charge < -0.3 is 14.2 Å². The number of anilines is 2. The van der Waals surface area contributed by atoms with Crippen molar-refractivity contribution >= 4 is 22.3 Å². The molecule has 2 heterocycles. The Bertz CT molecular complexity index is 946. The van der Waals surface area contributed by atoms with Crippen LogP contribution < -0.4 is 15.4 Å². The van der Waals surface area contributed by atoms with E-state index in [0.717, 1.165) is 50.3 Å². The van der Waals surface area contributed by atoms with Gasteiger partial charge in [0.25, 0.3) is 0 Å². The van der Waals surface area contributed by atoms with Gasteiger partial charge >= 0.3 is 5.63 Å². The number of piperazine rings is 1. The molecule has 3 aromatic rings. The van der Waals surface area contributed by atoms with Crippen molar-refractivity contribution in [2.45, 2.75) is 0 Å². The van der Waals surface area contributed by atoms with Crippen LogP contribution in [0.1, 0.15) is 0 Å². The van der Waals surface area contributed by atoms with E-state index in [9.17, 15) is 4.79 Å². The van der Waals surface area contributed by atoms with Crippen molar-refractivity contribution in [2.24, 2.45) is 0 Å². The van der Waals surface area contributed by atoms with Gasteiger partial charge in [0.05, 0.1) is 5.69 Å². The second-order valence-corrected chi connectivity index (χ2v) is 7.03. The van der Waals surface area contributed by atoms with Gasteiger partial charge in [-0.05, 0) is 24.3 Å². The first kappa shape index (κ1) is 17.6. The molecule has 1 aromatic heterocycles. The first-order chi connectivity index (χ1) is 13.2. The minimum atomic E-state index is -0.299. The van der Waals surface area contributed by atoms with Crippen molar-refractivity contribution in [2.75, 3.05) is 56.1 Å². The third kappa shape index (κ3) is 3.98. The number of nitrogens with zero attached hydrogens (tertiary/aromatic N) is 3. The van der Waals surface area contributed by atoms with E-state index in [-0.39, 0.29) is 5.63 Å². The summed E-state index contributed by atoms with van der Waals surface area (Å²) in [4.78, 5) is 19.0. The van der Waals surface area contributed by atoms with E-state index >= 15 is 0 Å². The minimum Gasteiger partial charge on any atom is -0.423 e. The van der Waals surface area contributed by atoms with Gasteiger partial charge in [-0.3, -0.25) is 4.90 Å². The molecule has 0 atom stereocenters. The summed E-state index contributed by atoms with van der Waals surface area (Å²) in [6.07, 6.45) is 0. The summed E-state index contributed by atoms with van der Waals surface area (Å²) in [5.74, 6) is 0. The number of hydrogen-bond donors (Lipinski definition) is 0. The molecule has 1 fully saturated rings. The fourth-order valence-electron chi connectivity index (χ4n) is 3.69. The van der Waals surface area contributed by atoms with Gasteiger partial charge in [0.1, 0.15) is 5.58 Å². The van der Waals surface area contributed by atoms with Gasteiger partial charge in [0, 0.05) is 63.5 Å². The Labute approximate surface area is 159 Å². The standard InChI is InChI=1S/C22H25N3O2/c1-23(20-17-22(26)27-21-10-6-5-9-19(20)21)11-12-24-13-15-25(16-14-24)18-7-3-2-4-8-18/h2-10,17H,11-16H2,1H3. The zero-order valence-electron chi connectivity index (χ0n) is 15.7. The number of likely N-dealkylation sites (N-methyl/N-ethyl adjacent to an activating group) is 1. The summed E-state index contributed by atoms with van der Waals surface area (Å²) >= 11 is 0. The maximum absolute atomic E-state index is 11.9. The lowest BCUT2D eigenvalue weighted by atomic mass is 10.2. The highest BCUT2D eigenvalue weighted by atomic mass is 16.4. The van der Waals surface area contributed by atoms with Crippen molar-refractivity contribution in [3.63, 3.8) is 0 Å². The maximum Gasteiger partial charge on any atom is 0.338 e. The first-order valence-electron chi connectivity index (χ1n) is 9.47. The number of rotatable bonds is 5. The quantitative estimate of drug-likeness (QED) is 0.652. The van der Waals surface area contributed by atoms with Gasteiger partial charge in [0.2, 0.25) is 0 Å². The molecule has 0 unspecified atom stereocenters. The van der Waals surface area contributed by atoms with Crippen LogP contribution in [0.4, 0.5) is 11.4 Å². The molecule has 1 aliphatic heterocycles. The predicted molar refractivity (Wildman–Crippen MR) is 111 cm³/mol. The van der Waals surface area contributed by atoms with Crippen LogP contribution in [0.15, 0.2) is 69.9 Å². The summed E-state index contributed by atoms with van der Waals surface area (Å²) < 4.78 is 5.30. The van der Waals surface area contributed by atoms with Gasteiger partial charge in [-0.15, -0.1) is 0 Å². The molecular weight excluding hydrogens is 338 g/mol. The molecule has 140 valence electrons. The Morgan fingerprint density at radius 2 is 1.67 bits per heavy atom. The molecule has 0 spiro atoms. The van der Waals surface area contributed by atoms with Crippen LogP contribution in [0.2, 0.25) is 0 Å². The van der Waals surface area contributed by atoms with E-state index in [2.05, 4.69) is 45.0 Å². The fourth-order valence-corrected chi connectivity index (χ4v) is 3.69. The van der Waals surface area contributed by atoms with Gasteiger partial charge in [0.15, 0.2) is 0 Å². The molecule has 27 heavy (non-hydrogen) atoms. The lowest BCUT2D eigenvalue weighted by Gasteiger charge is -2.37. The van der Waals surface area contributed by atoms with Gasteiger partial charge in [-0.25, -0.2) is 4.79 Å². The van der Waals surface area contributed by atoms with Crippen LogP contribution in [0, 0.1) is 0 Å². The predicted octanol–water partition coefficient (Wildman–Crippen LogP) is 3.05. The first-order valence-corrected chi connectivity index (χ1v) is 9.47. The third-order valence-electron chi connectivity index (χ3n) is 5.28. The highest BCUT2D eigenvalue weighted by molar-refractivity contribution is 5.89. The lowest BCUT2D eigenvalue weighted by Crippen LogP contribution is -2.48. The van der Waals surface area contributed by atoms with Crippen LogP contribution in [0.25, 0.3) is 11.0 Å². The summed E-state index contributed by atoms with van der Waals surface area (Å²) in [5.41, 5.74) is 2.58. The zero-order valence-corrected chi connectivity index (χ0v) is 15.7. The van der Waals surface area contributed by atoms with E-state index in [1.54, 1.807) is 6.07 Å². The average Bonchev–Trinajstić information content (AvgIpc) is 2.72.